The van der Waals surface area contributed by atoms with Gasteiger partial charge >= 0.3 is 7.48 Å². The SMILES string of the molecule is OBc1cc2c3ccccc3n3c4ccccc4c(c1)c23. The number of aromatic nitrogens is 1. The Morgan fingerprint density at radius 2 is 1.24 bits per heavy atom. The van der Waals surface area contributed by atoms with Crippen LogP contribution in [-0.4, -0.2) is 16.9 Å². The molecule has 0 bridgehead atoms. The first-order chi connectivity index (χ1) is 10.4. The molecule has 0 aliphatic heterocycles. The van der Waals surface area contributed by atoms with Crippen molar-refractivity contribution in [2.45, 2.75) is 0 Å². The molecule has 5 aromatic rings. The molecule has 2 aromatic heterocycles. The van der Waals surface area contributed by atoms with Gasteiger partial charge in [0.25, 0.3) is 0 Å². The quantitative estimate of drug-likeness (QED) is 0.465. The lowest BCUT2D eigenvalue weighted by Crippen LogP contribution is -2.12. The molecular formula is C18H12BNO. The Kier molecular flexibility index (Phi) is 2.01. The number of fused-ring (bicyclic) bond motifs is 6. The minimum atomic E-state index is 0.0740. The van der Waals surface area contributed by atoms with Crippen LogP contribution in [-0.2, 0) is 0 Å². The van der Waals surface area contributed by atoms with Crippen LogP contribution in [0.5, 0.6) is 0 Å². The molecule has 0 atom stereocenters. The van der Waals surface area contributed by atoms with Crippen LogP contribution >= 0.6 is 0 Å². The molecule has 2 heterocycles. The maximum absolute atomic E-state index is 9.58. The second-order valence-corrected chi connectivity index (χ2v) is 5.57. The van der Waals surface area contributed by atoms with Crippen molar-refractivity contribution in [1.82, 2.24) is 4.40 Å². The Morgan fingerprint density at radius 1 is 0.714 bits per heavy atom. The molecular weight excluding hydrogens is 257 g/mol. The van der Waals surface area contributed by atoms with Crippen molar-refractivity contribution >= 4 is 51.0 Å². The van der Waals surface area contributed by atoms with Crippen molar-refractivity contribution in [3.8, 4) is 0 Å². The molecule has 98 valence electrons. The highest BCUT2D eigenvalue weighted by Crippen LogP contribution is 2.37. The molecule has 0 aliphatic carbocycles. The van der Waals surface area contributed by atoms with Crippen molar-refractivity contribution in [2.24, 2.45) is 0 Å². The molecule has 2 nitrogen and oxygen atoms in total. The van der Waals surface area contributed by atoms with E-state index in [0.717, 1.165) is 5.46 Å². The number of hydrogen-bond acceptors (Lipinski definition) is 1. The van der Waals surface area contributed by atoms with E-state index < -0.39 is 0 Å². The fourth-order valence-electron chi connectivity index (χ4n) is 3.60. The van der Waals surface area contributed by atoms with Crippen LogP contribution in [0.2, 0.25) is 0 Å². The van der Waals surface area contributed by atoms with E-state index in [0.29, 0.717) is 0 Å². The van der Waals surface area contributed by atoms with Crippen molar-refractivity contribution in [1.29, 1.82) is 0 Å². The first-order valence-electron chi connectivity index (χ1n) is 7.15. The standard InChI is InChI=1S/C18H12BNO/c21-19-11-9-14-12-5-1-3-7-16(12)20-17-8-4-2-6-13(17)15(10-11)18(14)20/h1-10,19,21H. The Labute approximate surface area is 121 Å². The monoisotopic (exact) mass is 269 g/mol. The third-order valence-corrected chi connectivity index (χ3v) is 4.45. The normalized spacial score (nSPS) is 12.0. The highest BCUT2D eigenvalue weighted by atomic mass is 16.2. The zero-order valence-electron chi connectivity index (χ0n) is 11.4. The summed E-state index contributed by atoms with van der Waals surface area (Å²) < 4.78 is 2.34. The van der Waals surface area contributed by atoms with E-state index in [1.807, 2.05) is 0 Å². The van der Waals surface area contributed by atoms with E-state index in [4.69, 9.17) is 0 Å². The van der Waals surface area contributed by atoms with Crippen molar-refractivity contribution in [2.75, 3.05) is 0 Å². The van der Waals surface area contributed by atoms with E-state index in [2.05, 4.69) is 65.1 Å². The number of benzene rings is 3. The van der Waals surface area contributed by atoms with Gasteiger partial charge in [-0.25, -0.2) is 0 Å². The van der Waals surface area contributed by atoms with Crippen LogP contribution in [0, 0.1) is 0 Å². The summed E-state index contributed by atoms with van der Waals surface area (Å²) in [7, 11) is 0.0740. The van der Waals surface area contributed by atoms with Crippen LogP contribution in [0.1, 0.15) is 0 Å². The maximum atomic E-state index is 9.58. The second-order valence-electron chi connectivity index (χ2n) is 5.57. The zero-order chi connectivity index (χ0) is 14.0. The molecule has 0 spiro atoms. The fraction of sp³-hybridized carbons (Fsp3) is 0. The van der Waals surface area contributed by atoms with Gasteiger partial charge in [0.2, 0.25) is 0 Å². The van der Waals surface area contributed by atoms with Crippen molar-refractivity contribution < 1.29 is 5.02 Å². The van der Waals surface area contributed by atoms with E-state index >= 15 is 0 Å². The van der Waals surface area contributed by atoms with Crippen LogP contribution in [0.15, 0.2) is 60.7 Å². The summed E-state index contributed by atoms with van der Waals surface area (Å²) >= 11 is 0. The third kappa shape index (κ3) is 1.27. The van der Waals surface area contributed by atoms with E-state index in [-0.39, 0.29) is 7.48 Å². The fourth-order valence-corrected chi connectivity index (χ4v) is 3.60. The molecule has 0 saturated heterocycles. The van der Waals surface area contributed by atoms with Gasteiger partial charge in [-0.05, 0) is 12.1 Å². The topological polar surface area (TPSA) is 24.6 Å². The number of hydrogen-bond donors (Lipinski definition) is 1. The van der Waals surface area contributed by atoms with Gasteiger partial charge in [-0.1, -0.05) is 54.0 Å². The third-order valence-electron chi connectivity index (χ3n) is 4.45. The summed E-state index contributed by atoms with van der Waals surface area (Å²) in [4.78, 5) is 0. The van der Waals surface area contributed by atoms with Gasteiger partial charge in [-0.2, -0.15) is 0 Å². The minimum absolute atomic E-state index is 0.0740. The number of nitrogens with zero attached hydrogens (tertiary/aromatic N) is 1. The van der Waals surface area contributed by atoms with Crippen LogP contribution < -0.4 is 5.46 Å². The first kappa shape index (κ1) is 11.2. The van der Waals surface area contributed by atoms with Gasteiger partial charge in [0.1, 0.15) is 0 Å². The minimum Gasteiger partial charge on any atom is -0.449 e. The van der Waals surface area contributed by atoms with Gasteiger partial charge in [0.15, 0.2) is 0 Å². The Bertz CT molecular complexity index is 1040. The van der Waals surface area contributed by atoms with Gasteiger partial charge in [0, 0.05) is 21.5 Å². The van der Waals surface area contributed by atoms with Crippen LogP contribution in [0.25, 0.3) is 38.1 Å². The summed E-state index contributed by atoms with van der Waals surface area (Å²) in [6, 6.07) is 21.2. The van der Waals surface area contributed by atoms with Gasteiger partial charge in [-0.15, -0.1) is 0 Å². The molecule has 0 saturated carbocycles. The lowest BCUT2D eigenvalue weighted by atomic mass is 9.86. The predicted molar refractivity (Wildman–Crippen MR) is 90.1 cm³/mol. The molecule has 0 fully saturated rings. The van der Waals surface area contributed by atoms with Gasteiger partial charge in [-0.3, -0.25) is 0 Å². The van der Waals surface area contributed by atoms with Gasteiger partial charge in [0.05, 0.1) is 16.6 Å². The average molecular weight is 269 g/mol. The molecule has 0 aliphatic rings. The van der Waals surface area contributed by atoms with E-state index in [9.17, 15) is 5.02 Å². The number of para-hydroxylation sites is 2. The van der Waals surface area contributed by atoms with Crippen molar-refractivity contribution in [3.05, 3.63) is 60.7 Å². The maximum Gasteiger partial charge on any atom is 0.304 e. The van der Waals surface area contributed by atoms with Crippen LogP contribution in [0.4, 0.5) is 0 Å². The second kappa shape index (κ2) is 3.77. The largest absolute Gasteiger partial charge is 0.449 e. The highest BCUT2D eigenvalue weighted by molar-refractivity contribution is 6.47. The van der Waals surface area contributed by atoms with Gasteiger partial charge < -0.3 is 9.42 Å². The first-order valence-corrected chi connectivity index (χ1v) is 7.15. The molecule has 3 aromatic carbocycles. The van der Waals surface area contributed by atoms with Crippen molar-refractivity contribution in [3.63, 3.8) is 0 Å². The van der Waals surface area contributed by atoms with Crippen LogP contribution in [0.3, 0.4) is 0 Å². The molecule has 5 rings (SSSR count). The molecule has 0 unspecified atom stereocenters. The summed E-state index contributed by atoms with van der Waals surface area (Å²) in [6.45, 7) is 0. The highest BCUT2D eigenvalue weighted by Gasteiger charge is 2.17. The lowest BCUT2D eigenvalue weighted by Gasteiger charge is -1.98. The molecule has 0 radical (unpaired) electrons. The Morgan fingerprint density at radius 3 is 1.76 bits per heavy atom. The Balaban J connectivity index is 2.24. The Hall–Kier alpha value is -2.52. The summed E-state index contributed by atoms with van der Waals surface area (Å²) in [5.41, 5.74) is 4.69. The molecule has 3 heteroatoms. The molecule has 21 heavy (non-hydrogen) atoms. The smallest absolute Gasteiger partial charge is 0.304 e. The molecule has 1 N–H and O–H groups in total. The predicted octanol–water partition coefficient (Wildman–Crippen LogP) is 2.81. The summed E-state index contributed by atoms with van der Waals surface area (Å²) in [5, 5.41) is 14.5. The van der Waals surface area contributed by atoms with E-state index in [1.165, 1.54) is 38.1 Å². The lowest BCUT2D eigenvalue weighted by molar-refractivity contribution is 0.615. The summed E-state index contributed by atoms with van der Waals surface area (Å²) in [5.74, 6) is 0. The zero-order valence-corrected chi connectivity index (χ0v) is 11.4. The summed E-state index contributed by atoms with van der Waals surface area (Å²) in [6.07, 6.45) is 0. The number of rotatable bonds is 1. The molecule has 0 amide bonds. The van der Waals surface area contributed by atoms with E-state index in [1.54, 1.807) is 0 Å². The average Bonchev–Trinajstić information content (AvgIpc) is 3.05.